The third-order valence-electron chi connectivity index (χ3n) is 5.91. The first-order chi connectivity index (χ1) is 15.5. The Morgan fingerprint density at radius 3 is 2.25 bits per heavy atom. The van der Waals surface area contributed by atoms with E-state index in [1.54, 1.807) is 31.4 Å². The van der Waals surface area contributed by atoms with Crippen LogP contribution in [-0.2, 0) is 20.5 Å². The number of hydrogen-bond donors (Lipinski definition) is 0. The zero-order chi connectivity index (χ0) is 22.6. The van der Waals surface area contributed by atoms with Gasteiger partial charge in [-0.15, -0.1) is 0 Å². The molecular weight excluding hydrogens is 430 g/mol. The molecule has 2 aromatic carbocycles. The first kappa shape index (κ1) is 22.6. The SMILES string of the molecule is COc1ccccc1N1CCN(C(=O)c2ccc(CS(=O)(=O)N3CCOCC3)cc2)CC1. The normalized spacial score (nSPS) is 17.9. The van der Waals surface area contributed by atoms with Crippen LogP contribution in [0, 0.1) is 0 Å². The highest BCUT2D eigenvalue weighted by Crippen LogP contribution is 2.28. The van der Waals surface area contributed by atoms with Crippen molar-refractivity contribution in [3.63, 3.8) is 0 Å². The van der Waals surface area contributed by atoms with Crippen molar-refractivity contribution in [3.8, 4) is 5.75 Å². The molecule has 2 fully saturated rings. The summed E-state index contributed by atoms with van der Waals surface area (Å²) in [4.78, 5) is 17.0. The van der Waals surface area contributed by atoms with Crippen LogP contribution in [0.1, 0.15) is 15.9 Å². The number of ether oxygens (including phenoxy) is 2. The van der Waals surface area contributed by atoms with Gasteiger partial charge in [0.25, 0.3) is 5.91 Å². The molecule has 0 saturated carbocycles. The lowest BCUT2D eigenvalue weighted by atomic mass is 10.1. The van der Waals surface area contributed by atoms with E-state index in [2.05, 4.69) is 4.90 Å². The quantitative estimate of drug-likeness (QED) is 0.656. The zero-order valence-electron chi connectivity index (χ0n) is 18.3. The van der Waals surface area contributed by atoms with Gasteiger partial charge in [0.2, 0.25) is 10.0 Å². The highest BCUT2D eigenvalue weighted by molar-refractivity contribution is 7.88. The van der Waals surface area contributed by atoms with E-state index in [9.17, 15) is 13.2 Å². The number of nitrogens with zero attached hydrogens (tertiary/aromatic N) is 3. The molecule has 9 heteroatoms. The molecule has 8 nitrogen and oxygen atoms in total. The molecule has 0 unspecified atom stereocenters. The van der Waals surface area contributed by atoms with E-state index in [1.165, 1.54) is 4.31 Å². The minimum absolute atomic E-state index is 0.0349. The van der Waals surface area contributed by atoms with Crippen molar-refractivity contribution in [2.24, 2.45) is 0 Å². The average Bonchev–Trinajstić information content (AvgIpc) is 2.84. The number of hydrogen-bond acceptors (Lipinski definition) is 6. The highest BCUT2D eigenvalue weighted by atomic mass is 32.2. The number of carbonyl (C=O) groups excluding carboxylic acids is 1. The molecular formula is C23H29N3O5S. The molecule has 0 atom stereocenters. The lowest BCUT2D eigenvalue weighted by Gasteiger charge is -2.36. The van der Waals surface area contributed by atoms with Gasteiger partial charge < -0.3 is 19.3 Å². The number of methoxy groups -OCH3 is 1. The van der Waals surface area contributed by atoms with Crippen LogP contribution >= 0.6 is 0 Å². The van der Waals surface area contributed by atoms with Gasteiger partial charge in [0, 0.05) is 44.8 Å². The molecule has 2 aromatic rings. The van der Waals surface area contributed by atoms with Crippen LogP contribution in [0.15, 0.2) is 48.5 Å². The van der Waals surface area contributed by atoms with Crippen LogP contribution < -0.4 is 9.64 Å². The number of anilines is 1. The molecule has 0 spiro atoms. The molecule has 2 aliphatic heterocycles. The smallest absolute Gasteiger partial charge is 0.253 e. The molecule has 2 aliphatic rings. The van der Waals surface area contributed by atoms with Crippen molar-refractivity contribution in [3.05, 3.63) is 59.7 Å². The number of carbonyl (C=O) groups is 1. The summed E-state index contributed by atoms with van der Waals surface area (Å²) < 4.78 is 37.3. The molecule has 0 aliphatic carbocycles. The fourth-order valence-corrected chi connectivity index (χ4v) is 5.60. The van der Waals surface area contributed by atoms with E-state index in [0.29, 0.717) is 50.5 Å². The van der Waals surface area contributed by atoms with Gasteiger partial charge >= 0.3 is 0 Å². The number of morpholine rings is 1. The summed E-state index contributed by atoms with van der Waals surface area (Å²) in [5.74, 6) is 0.723. The Hall–Kier alpha value is -2.62. The average molecular weight is 460 g/mol. The van der Waals surface area contributed by atoms with Gasteiger partial charge in [-0.05, 0) is 29.8 Å². The zero-order valence-corrected chi connectivity index (χ0v) is 19.1. The topological polar surface area (TPSA) is 79.4 Å². The van der Waals surface area contributed by atoms with Crippen LogP contribution in [0.5, 0.6) is 5.75 Å². The molecule has 0 aromatic heterocycles. The first-order valence-electron chi connectivity index (χ1n) is 10.8. The van der Waals surface area contributed by atoms with Crippen LogP contribution in [-0.4, -0.2) is 83.1 Å². The minimum Gasteiger partial charge on any atom is -0.495 e. The van der Waals surface area contributed by atoms with Crippen molar-refractivity contribution in [1.29, 1.82) is 0 Å². The number of amides is 1. The van der Waals surface area contributed by atoms with Gasteiger partial charge in [-0.3, -0.25) is 4.79 Å². The molecule has 0 radical (unpaired) electrons. The molecule has 2 heterocycles. The van der Waals surface area contributed by atoms with Gasteiger partial charge in [0.05, 0.1) is 31.8 Å². The van der Waals surface area contributed by atoms with E-state index in [4.69, 9.17) is 9.47 Å². The summed E-state index contributed by atoms with van der Waals surface area (Å²) in [6.45, 7) is 4.31. The number of sulfonamides is 1. The summed E-state index contributed by atoms with van der Waals surface area (Å²) in [5.41, 5.74) is 2.28. The largest absolute Gasteiger partial charge is 0.495 e. The summed E-state index contributed by atoms with van der Waals surface area (Å²) in [6, 6.07) is 14.8. The monoisotopic (exact) mass is 459 g/mol. The fraction of sp³-hybridized carbons (Fsp3) is 0.435. The van der Waals surface area contributed by atoms with E-state index < -0.39 is 10.0 Å². The van der Waals surface area contributed by atoms with Crippen molar-refractivity contribution < 1.29 is 22.7 Å². The van der Waals surface area contributed by atoms with Crippen LogP contribution in [0.4, 0.5) is 5.69 Å². The molecule has 0 bridgehead atoms. The molecule has 4 rings (SSSR count). The maximum absolute atomic E-state index is 13.0. The second-order valence-corrected chi connectivity index (χ2v) is 9.88. The Balaban J connectivity index is 1.35. The van der Waals surface area contributed by atoms with Crippen molar-refractivity contribution in [1.82, 2.24) is 9.21 Å². The van der Waals surface area contributed by atoms with E-state index in [1.807, 2.05) is 29.2 Å². The Morgan fingerprint density at radius 1 is 0.938 bits per heavy atom. The Morgan fingerprint density at radius 2 is 1.59 bits per heavy atom. The van der Waals surface area contributed by atoms with Crippen LogP contribution in [0.25, 0.3) is 0 Å². The van der Waals surface area contributed by atoms with Crippen molar-refractivity contribution >= 4 is 21.6 Å². The molecule has 2 saturated heterocycles. The lowest BCUT2D eigenvalue weighted by molar-refractivity contribution is 0.0729. The van der Waals surface area contributed by atoms with Gasteiger partial charge in [-0.1, -0.05) is 24.3 Å². The number of rotatable bonds is 6. The standard InChI is InChI=1S/C23H29N3O5S/c1-30-22-5-3-2-4-21(22)24-10-12-25(13-11-24)23(27)20-8-6-19(7-9-20)18-32(28,29)26-14-16-31-17-15-26/h2-9H,10-18H2,1H3. The highest BCUT2D eigenvalue weighted by Gasteiger charge is 2.26. The lowest BCUT2D eigenvalue weighted by Crippen LogP contribution is -2.48. The molecule has 0 N–H and O–H groups in total. The predicted molar refractivity (Wildman–Crippen MR) is 123 cm³/mol. The fourth-order valence-electron chi connectivity index (χ4n) is 4.09. The first-order valence-corrected chi connectivity index (χ1v) is 12.4. The number of para-hydroxylation sites is 2. The third-order valence-corrected chi connectivity index (χ3v) is 7.76. The molecule has 32 heavy (non-hydrogen) atoms. The molecule has 1 amide bonds. The number of piperazine rings is 1. The second kappa shape index (κ2) is 9.89. The van der Waals surface area contributed by atoms with Gasteiger partial charge in [-0.2, -0.15) is 4.31 Å². The molecule has 172 valence electrons. The summed E-state index contributed by atoms with van der Waals surface area (Å²) in [6.07, 6.45) is 0. The van der Waals surface area contributed by atoms with Gasteiger partial charge in [0.1, 0.15) is 5.75 Å². The predicted octanol–water partition coefficient (Wildman–Crippen LogP) is 1.82. The van der Waals surface area contributed by atoms with E-state index in [0.717, 1.165) is 24.5 Å². The Bertz CT molecular complexity index is 1030. The van der Waals surface area contributed by atoms with Crippen LogP contribution in [0.3, 0.4) is 0 Å². The number of benzene rings is 2. The summed E-state index contributed by atoms with van der Waals surface area (Å²) in [5, 5.41) is 0. The van der Waals surface area contributed by atoms with E-state index in [-0.39, 0.29) is 11.7 Å². The summed E-state index contributed by atoms with van der Waals surface area (Å²) in [7, 11) is -1.72. The Kier molecular flexibility index (Phi) is 6.98. The van der Waals surface area contributed by atoms with Crippen molar-refractivity contribution in [2.45, 2.75) is 5.75 Å². The third kappa shape index (κ3) is 5.06. The summed E-state index contributed by atoms with van der Waals surface area (Å²) >= 11 is 0. The van der Waals surface area contributed by atoms with E-state index >= 15 is 0 Å². The minimum atomic E-state index is -3.39. The van der Waals surface area contributed by atoms with Crippen molar-refractivity contribution in [2.75, 3.05) is 64.5 Å². The van der Waals surface area contributed by atoms with Gasteiger partial charge in [0.15, 0.2) is 0 Å². The van der Waals surface area contributed by atoms with Crippen LogP contribution in [0.2, 0.25) is 0 Å². The maximum atomic E-state index is 13.0. The van der Waals surface area contributed by atoms with Gasteiger partial charge in [-0.25, -0.2) is 8.42 Å². The Labute approximate surface area is 189 Å². The maximum Gasteiger partial charge on any atom is 0.253 e. The second-order valence-electron chi connectivity index (χ2n) is 7.92.